The van der Waals surface area contributed by atoms with Gasteiger partial charge in [0, 0.05) is 22.6 Å². The van der Waals surface area contributed by atoms with E-state index in [1.54, 1.807) is 24.3 Å². The number of ether oxygens (including phenoxy) is 4. The van der Waals surface area contributed by atoms with Gasteiger partial charge < -0.3 is 23.5 Å². The van der Waals surface area contributed by atoms with Crippen molar-refractivity contribution in [1.29, 1.82) is 0 Å². The van der Waals surface area contributed by atoms with E-state index >= 15 is 0 Å². The third-order valence-corrected chi connectivity index (χ3v) is 5.51. The Kier molecular flexibility index (Phi) is 4.38. The molecule has 2 heterocycles. The highest BCUT2D eigenvalue weighted by Crippen LogP contribution is 2.42. The summed E-state index contributed by atoms with van der Waals surface area (Å²) in [6, 6.07) is 12.9. The van der Waals surface area contributed by atoms with Crippen LogP contribution in [0.1, 0.15) is 34.9 Å². The molecule has 3 aromatic rings. The number of carbonyl (C=O) groups is 2. The van der Waals surface area contributed by atoms with Crippen molar-refractivity contribution in [2.24, 2.45) is 0 Å². The summed E-state index contributed by atoms with van der Waals surface area (Å²) in [7, 11) is 1.37. The monoisotopic (exact) mass is 407 g/mol. The Morgan fingerprint density at radius 3 is 2.60 bits per heavy atom. The second-order valence-corrected chi connectivity index (χ2v) is 7.52. The minimum absolute atomic E-state index is 0.0721. The summed E-state index contributed by atoms with van der Waals surface area (Å²) in [4.78, 5) is 25.1. The van der Waals surface area contributed by atoms with Crippen molar-refractivity contribution in [3.8, 4) is 17.2 Å². The first-order chi connectivity index (χ1) is 14.6. The second-order valence-electron chi connectivity index (χ2n) is 7.52. The number of esters is 2. The molecule has 1 fully saturated rings. The third kappa shape index (κ3) is 3.07. The number of carbonyl (C=O) groups excluding carboxylic acids is 2. The molecule has 0 spiro atoms. The van der Waals surface area contributed by atoms with Gasteiger partial charge in [0.15, 0.2) is 11.5 Å². The first kappa shape index (κ1) is 18.5. The van der Waals surface area contributed by atoms with Gasteiger partial charge in [0.2, 0.25) is 6.10 Å². The van der Waals surface area contributed by atoms with Crippen LogP contribution in [0.4, 0.5) is 0 Å². The van der Waals surface area contributed by atoms with Crippen molar-refractivity contribution >= 4 is 22.8 Å². The van der Waals surface area contributed by atoms with Crippen LogP contribution in [0.15, 0.2) is 42.5 Å². The lowest BCUT2D eigenvalue weighted by atomic mass is 10.1. The van der Waals surface area contributed by atoms with Crippen LogP contribution in [0, 0.1) is 6.92 Å². The molecule has 1 aliphatic heterocycles. The molecular formula is C23H21NO6. The van der Waals surface area contributed by atoms with Crippen LogP contribution in [0.2, 0.25) is 0 Å². The first-order valence-electron chi connectivity index (χ1n) is 9.90. The van der Waals surface area contributed by atoms with Crippen molar-refractivity contribution in [2.75, 3.05) is 13.7 Å². The average Bonchev–Trinajstić information content (AvgIpc) is 3.55. The fourth-order valence-corrected chi connectivity index (χ4v) is 3.97. The molecule has 1 aliphatic carbocycles. The SMILES string of the molecule is COC(=O)c1c(C)n(C2CC2)c2ccc(OC(=O)[C@@H]3COc4ccccc4O3)cc12. The molecule has 30 heavy (non-hydrogen) atoms. The van der Waals surface area contributed by atoms with Gasteiger partial charge in [-0.25, -0.2) is 9.59 Å². The molecule has 0 bridgehead atoms. The highest BCUT2D eigenvalue weighted by atomic mass is 16.6. The highest BCUT2D eigenvalue weighted by Gasteiger charge is 2.32. The largest absolute Gasteiger partial charge is 0.485 e. The zero-order chi connectivity index (χ0) is 20.8. The van der Waals surface area contributed by atoms with Crippen molar-refractivity contribution in [1.82, 2.24) is 4.57 Å². The van der Waals surface area contributed by atoms with Gasteiger partial charge in [-0.3, -0.25) is 0 Å². The second kappa shape index (κ2) is 7.09. The van der Waals surface area contributed by atoms with E-state index in [-0.39, 0.29) is 6.61 Å². The Bertz CT molecular complexity index is 1160. The maximum absolute atomic E-state index is 12.7. The predicted octanol–water partition coefficient (Wildman–Crippen LogP) is 3.82. The molecule has 0 radical (unpaired) electrons. The van der Waals surface area contributed by atoms with Crippen LogP contribution >= 0.6 is 0 Å². The zero-order valence-corrected chi connectivity index (χ0v) is 16.7. The predicted molar refractivity (Wildman–Crippen MR) is 108 cm³/mol. The lowest BCUT2D eigenvalue weighted by Crippen LogP contribution is -2.39. The molecule has 0 amide bonds. The molecule has 7 heteroatoms. The van der Waals surface area contributed by atoms with Crippen LogP contribution in [-0.4, -0.2) is 36.3 Å². The molecule has 0 saturated heterocycles. The third-order valence-electron chi connectivity index (χ3n) is 5.51. The Balaban J connectivity index is 1.44. The fourth-order valence-electron chi connectivity index (χ4n) is 3.97. The molecule has 2 aliphatic rings. The van der Waals surface area contributed by atoms with E-state index in [1.165, 1.54) is 7.11 Å². The minimum atomic E-state index is -0.867. The standard InChI is InChI=1S/C23H21NO6/c1-13-21(23(26)27-2)16-11-15(9-10-17(16)24(13)14-7-8-14)29-22(25)20-12-28-18-5-3-4-6-19(18)30-20/h3-6,9-11,14,20H,7-8,12H2,1-2H3/t20-/m0/s1. The van der Waals surface area contributed by atoms with Crippen molar-refractivity contribution in [3.05, 3.63) is 53.7 Å². The molecule has 7 nitrogen and oxygen atoms in total. The lowest BCUT2D eigenvalue weighted by Gasteiger charge is -2.24. The van der Waals surface area contributed by atoms with Crippen LogP contribution in [0.3, 0.4) is 0 Å². The number of fused-ring (bicyclic) bond motifs is 2. The number of aromatic nitrogens is 1. The number of para-hydroxylation sites is 2. The minimum Gasteiger partial charge on any atom is -0.485 e. The molecule has 2 aromatic carbocycles. The smallest absolute Gasteiger partial charge is 0.356 e. The fraction of sp³-hybridized carbons (Fsp3) is 0.304. The average molecular weight is 407 g/mol. The molecule has 5 rings (SSSR count). The maximum atomic E-state index is 12.7. The Hall–Kier alpha value is -3.48. The van der Waals surface area contributed by atoms with Crippen LogP contribution < -0.4 is 14.2 Å². The molecule has 1 atom stereocenters. The van der Waals surface area contributed by atoms with Gasteiger partial charge in [-0.05, 0) is 50.1 Å². The normalized spacial score (nSPS) is 17.6. The number of benzene rings is 2. The van der Waals surface area contributed by atoms with Gasteiger partial charge in [0.05, 0.1) is 12.7 Å². The summed E-state index contributed by atoms with van der Waals surface area (Å²) in [6.07, 6.45) is 1.30. The van der Waals surface area contributed by atoms with Gasteiger partial charge in [-0.15, -0.1) is 0 Å². The Morgan fingerprint density at radius 2 is 1.87 bits per heavy atom. The van der Waals surface area contributed by atoms with Gasteiger partial charge in [0.1, 0.15) is 12.4 Å². The summed E-state index contributed by atoms with van der Waals surface area (Å²) in [5.74, 6) is 0.490. The molecule has 0 unspecified atom stereocenters. The summed E-state index contributed by atoms with van der Waals surface area (Å²) in [5.41, 5.74) is 2.30. The van der Waals surface area contributed by atoms with Gasteiger partial charge >= 0.3 is 11.9 Å². The number of hydrogen-bond acceptors (Lipinski definition) is 6. The summed E-state index contributed by atoms with van der Waals surface area (Å²) in [6.45, 7) is 1.99. The number of rotatable bonds is 4. The van der Waals surface area contributed by atoms with E-state index in [2.05, 4.69) is 4.57 Å². The molecule has 1 aromatic heterocycles. The summed E-state index contributed by atoms with van der Waals surface area (Å²) >= 11 is 0. The van der Waals surface area contributed by atoms with E-state index in [0.29, 0.717) is 34.2 Å². The number of nitrogens with zero attached hydrogens (tertiary/aromatic N) is 1. The Labute approximate surface area is 173 Å². The van der Waals surface area contributed by atoms with Crippen molar-refractivity contribution < 1.29 is 28.5 Å². The highest BCUT2D eigenvalue weighted by molar-refractivity contribution is 6.06. The topological polar surface area (TPSA) is 76.0 Å². The summed E-state index contributed by atoms with van der Waals surface area (Å²) in [5, 5.41) is 0.711. The molecule has 154 valence electrons. The maximum Gasteiger partial charge on any atom is 0.356 e. The van der Waals surface area contributed by atoms with Crippen LogP contribution in [0.5, 0.6) is 17.2 Å². The van der Waals surface area contributed by atoms with E-state index < -0.39 is 18.0 Å². The molecule has 1 saturated carbocycles. The number of hydrogen-bond donors (Lipinski definition) is 0. The van der Waals surface area contributed by atoms with E-state index in [9.17, 15) is 9.59 Å². The first-order valence-corrected chi connectivity index (χ1v) is 9.90. The van der Waals surface area contributed by atoms with E-state index in [4.69, 9.17) is 18.9 Å². The number of methoxy groups -OCH3 is 1. The Morgan fingerprint density at radius 1 is 1.10 bits per heavy atom. The van der Waals surface area contributed by atoms with Gasteiger partial charge in [-0.2, -0.15) is 0 Å². The zero-order valence-electron chi connectivity index (χ0n) is 16.7. The lowest BCUT2D eigenvalue weighted by molar-refractivity contribution is -0.144. The van der Waals surface area contributed by atoms with Gasteiger partial charge in [-0.1, -0.05) is 12.1 Å². The van der Waals surface area contributed by atoms with E-state index in [0.717, 1.165) is 24.1 Å². The quantitative estimate of drug-likeness (QED) is 0.484. The van der Waals surface area contributed by atoms with Crippen LogP contribution in [0.25, 0.3) is 10.9 Å². The summed E-state index contributed by atoms with van der Waals surface area (Å²) < 4.78 is 24.0. The van der Waals surface area contributed by atoms with Gasteiger partial charge in [0.25, 0.3) is 0 Å². The van der Waals surface area contributed by atoms with Crippen molar-refractivity contribution in [2.45, 2.75) is 31.9 Å². The van der Waals surface area contributed by atoms with E-state index in [1.807, 2.05) is 25.1 Å². The molecular weight excluding hydrogens is 386 g/mol. The van der Waals surface area contributed by atoms with Crippen LogP contribution in [-0.2, 0) is 9.53 Å². The molecule has 0 N–H and O–H groups in total. The van der Waals surface area contributed by atoms with Crippen molar-refractivity contribution in [3.63, 3.8) is 0 Å².